The maximum absolute atomic E-state index is 12.6. The quantitative estimate of drug-likeness (QED) is 0.805. The summed E-state index contributed by atoms with van der Waals surface area (Å²) in [4.78, 5) is 20.0. The number of aryl methyl sites for hydroxylation is 1. The van der Waals surface area contributed by atoms with Gasteiger partial charge in [-0.05, 0) is 42.9 Å². The second-order valence-electron chi connectivity index (χ2n) is 5.42. The maximum atomic E-state index is 12.6. The van der Waals surface area contributed by atoms with E-state index in [0.29, 0.717) is 18.8 Å². The third-order valence-corrected chi connectivity index (χ3v) is 3.84. The molecule has 3 rings (SSSR count). The molecule has 0 radical (unpaired) electrons. The lowest BCUT2D eigenvalue weighted by Crippen LogP contribution is -2.44. The van der Waals surface area contributed by atoms with E-state index in [0.717, 1.165) is 41.9 Å². The van der Waals surface area contributed by atoms with Gasteiger partial charge in [-0.1, -0.05) is 12.1 Å². The van der Waals surface area contributed by atoms with Crippen LogP contribution in [-0.4, -0.2) is 31.2 Å². The normalized spacial score (nSPS) is 17.1. The topological polar surface area (TPSA) is 53.9 Å². The summed E-state index contributed by atoms with van der Waals surface area (Å²) in [5, 5.41) is 3.73. The van der Waals surface area contributed by atoms with Gasteiger partial charge in [0, 0.05) is 6.54 Å². The fraction of sp³-hybridized carbons (Fsp3) is 0.467. The van der Waals surface area contributed by atoms with E-state index in [1.54, 1.807) is 12.1 Å². The molecule has 23 heavy (non-hydrogen) atoms. The van der Waals surface area contributed by atoms with E-state index in [1.165, 1.54) is 0 Å². The van der Waals surface area contributed by atoms with Crippen molar-refractivity contribution in [3.05, 3.63) is 29.3 Å². The second kappa shape index (κ2) is 6.10. The van der Waals surface area contributed by atoms with E-state index in [9.17, 15) is 18.0 Å². The number of nitrogens with one attached hydrogen (secondary N) is 1. The van der Waals surface area contributed by atoms with Crippen molar-refractivity contribution in [2.24, 2.45) is 4.99 Å². The number of aliphatic imine (C=N–C) groups is 1. The average Bonchev–Trinajstić information content (AvgIpc) is 3.05. The zero-order valence-corrected chi connectivity index (χ0v) is 12.3. The number of hydroxylamine groups is 1. The molecule has 0 unspecified atom stereocenters. The SMILES string of the molecule is O=C(ON(C1=NCCN1)c1cccc2c1CCCC2)C(F)(F)F. The molecule has 0 atom stereocenters. The summed E-state index contributed by atoms with van der Waals surface area (Å²) >= 11 is 0. The second-order valence-corrected chi connectivity index (χ2v) is 5.42. The average molecular weight is 327 g/mol. The maximum Gasteiger partial charge on any atom is 0.493 e. The Morgan fingerprint density at radius 1 is 1.26 bits per heavy atom. The number of alkyl halides is 3. The number of hydrogen-bond donors (Lipinski definition) is 1. The van der Waals surface area contributed by atoms with Crippen molar-refractivity contribution in [3.8, 4) is 0 Å². The van der Waals surface area contributed by atoms with Gasteiger partial charge >= 0.3 is 12.1 Å². The zero-order chi connectivity index (χ0) is 16.4. The molecule has 1 N–H and O–H groups in total. The molecule has 8 heteroatoms. The van der Waals surface area contributed by atoms with Gasteiger partial charge in [0.1, 0.15) is 0 Å². The van der Waals surface area contributed by atoms with Crippen LogP contribution in [0.1, 0.15) is 24.0 Å². The molecule has 1 aliphatic carbocycles. The van der Waals surface area contributed by atoms with Gasteiger partial charge in [0.25, 0.3) is 0 Å². The van der Waals surface area contributed by atoms with Crippen molar-refractivity contribution in [2.75, 3.05) is 18.2 Å². The Kier molecular flexibility index (Phi) is 4.14. The lowest BCUT2D eigenvalue weighted by atomic mass is 9.90. The van der Waals surface area contributed by atoms with Gasteiger partial charge in [0.2, 0.25) is 5.96 Å². The number of hydrogen-bond acceptors (Lipinski definition) is 5. The molecule has 5 nitrogen and oxygen atoms in total. The molecule has 1 heterocycles. The van der Waals surface area contributed by atoms with Crippen molar-refractivity contribution in [1.29, 1.82) is 0 Å². The molecule has 1 aliphatic heterocycles. The molecule has 124 valence electrons. The van der Waals surface area contributed by atoms with Crippen LogP contribution in [0, 0.1) is 0 Å². The summed E-state index contributed by atoms with van der Waals surface area (Å²) < 4.78 is 37.8. The van der Waals surface area contributed by atoms with E-state index in [-0.39, 0.29) is 5.96 Å². The predicted octanol–water partition coefficient (Wildman–Crippen LogP) is 2.35. The van der Waals surface area contributed by atoms with Crippen molar-refractivity contribution >= 4 is 17.6 Å². The first-order valence-corrected chi connectivity index (χ1v) is 7.45. The van der Waals surface area contributed by atoms with Crippen LogP contribution in [0.15, 0.2) is 23.2 Å². The van der Waals surface area contributed by atoms with Gasteiger partial charge in [0.15, 0.2) is 0 Å². The first kappa shape index (κ1) is 15.6. The summed E-state index contributed by atoms with van der Waals surface area (Å²) in [6, 6.07) is 5.35. The summed E-state index contributed by atoms with van der Waals surface area (Å²) in [6.07, 6.45) is -1.47. The summed E-state index contributed by atoms with van der Waals surface area (Å²) in [6.45, 7) is 0.912. The number of carbonyl (C=O) groups excluding carboxylic acids is 1. The molecule has 0 saturated carbocycles. The largest absolute Gasteiger partial charge is 0.493 e. The number of anilines is 1. The zero-order valence-electron chi connectivity index (χ0n) is 12.3. The lowest BCUT2D eigenvalue weighted by Gasteiger charge is -2.27. The van der Waals surface area contributed by atoms with Crippen LogP contribution in [0.4, 0.5) is 18.9 Å². The third-order valence-electron chi connectivity index (χ3n) is 3.84. The Bertz CT molecular complexity index is 643. The highest BCUT2D eigenvalue weighted by atomic mass is 19.4. The van der Waals surface area contributed by atoms with Crippen LogP contribution >= 0.6 is 0 Å². The van der Waals surface area contributed by atoms with E-state index in [2.05, 4.69) is 15.1 Å². The number of halogens is 3. The number of rotatable bonds is 1. The van der Waals surface area contributed by atoms with Gasteiger partial charge in [-0.15, -0.1) is 5.06 Å². The summed E-state index contributed by atoms with van der Waals surface area (Å²) in [5.41, 5.74) is 2.42. The minimum Gasteiger partial charge on any atom is -0.352 e. The van der Waals surface area contributed by atoms with Gasteiger partial charge in [-0.2, -0.15) is 13.2 Å². The molecular formula is C15H16F3N3O2. The molecule has 0 saturated heterocycles. The molecular weight excluding hydrogens is 311 g/mol. The predicted molar refractivity (Wildman–Crippen MR) is 78.0 cm³/mol. The standard InChI is InChI=1S/C15H16F3N3O2/c16-15(17,18)13(22)23-21(14-19-8-9-20-14)12-7-3-5-10-4-1-2-6-11(10)12/h3,5,7H,1-2,4,6,8-9H2,(H,19,20). The molecule has 0 bridgehead atoms. The first-order valence-electron chi connectivity index (χ1n) is 7.45. The Labute approximate surface area is 131 Å². The van der Waals surface area contributed by atoms with Crippen molar-refractivity contribution in [3.63, 3.8) is 0 Å². The van der Waals surface area contributed by atoms with E-state index in [4.69, 9.17) is 0 Å². The lowest BCUT2D eigenvalue weighted by molar-refractivity contribution is -0.199. The fourth-order valence-corrected chi connectivity index (χ4v) is 2.81. The van der Waals surface area contributed by atoms with Crippen LogP contribution in [0.2, 0.25) is 0 Å². The highest BCUT2D eigenvalue weighted by Gasteiger charge is 2.44. The van der Waals surface area contributed by atoms with Crippen molar-refractivity contribution < 1.29 is 22.8 Å². The van der Waals surface area contributed by atoms with Gasteiger partial charge < -0.3 is 10.2 Å². The van der Waals surface area contributed by atoms with Crippen LogP contribution in [0.5, 0.6) is 0 Å². The smallest absolute Gasteiger partial charge is 0.352 e. The number of guanidine groups is 1. The Balaban J connectivity index is 1.97. The molecule has 1 aromatic carbocycles. The van der Waals surface area contributed by atoms with Crippen LogP contribution in [0.3, 0.4) is 0 Å². The summed E-state index contributed by atoms with van der Waals surface area (Å²) in [5.74, 6) is -2.14. The monoisotopic (exact) mass is 327 g/mol. The third kappa shape index (κ3) is 3.25. The first-order chi connectivity index (χ1) is 11.0. The Hall–Kier alpha value is -2.25. The van der Waals surface area contributed by atoms with Crippen LogP contribution in [0.25, 0.3) is 0 Å². The van der Waals surface area contributed by atoms with E-state index >= 15 is 0 Å². The number of benzene rings is 1. The molecule has 0 spiro atoms. The Morgan fingerprint density at radius 3 is 2.74 bits per heavy atom. The molecule has 2 aliphatic rings. The molecule has 1 aromatic rings. The minimum atomic E-state index is -5.06. The van der Waals surface area contributed by atoms with Crippen molar-refractivity contribution in [2.45, 2.75) is 31.9 Å². The van der Waals surface area contributed by atoms with Crippen LogP contribution < -0.4 is 10.4 Å². The minimum absolute atomic E-state index is 0.126. The molecule has 0 aromatic heterocycles. The Morgan fingerprint density at radius 2 is 2.04 bits per heavy atom. The molecule has 0 fully saturated rings. The number of nitrogens with zero attached hydrogens (tertiary/aromatic N) is 2. The van der Waals surface area contributed by atoms with E-state index < -0.39 is 12.1 Å². The van der Waals surface area contributed by atoms with Crippen LogP contribution in [-0.2, 0) is 22.5 Å². The number of fused-ring (bicyclic) bond motifs is 1. The molecule has 0 amide bonds. The number of carbonyl (C=O) groups is 1. The van der Waals surface area contributed by atoms with Gasteiger partial charge in [0.05, 0.1) is 12.2 Å². The fourth-order valence-electron chi connectivity index (χ4n) is 2.81. The van der Waals surface area contributed by atoms with Gasteiger partial charge in [-0.25, -0.2) is 9.79 Å². The highest BCUT2D eigenvalue weighted by molar-refractivity contribution is 5.98. The van der Waals surface area contributed by atoms with Gasteiger partial charge in [-0.3, -0.25) is 0 Å². The van der Waals surface area contributed by atoms with Crippen molar-refractivity contribution in [1.82, 2.24) is 5.32 Å². The van der Waals surface area contributed by atoms with E-state index in [1.807, 2.05) is 6.07 Å². The summed E-state index contributed by atoms with van der Waals surface area (Å²) in [7, 11) is 0. The highest BCUT2D eigenvalue weighted by Crippen LogP contribution is 2.32.